The third-order valence-corrected chi connectivity index (χ3v) is 3.75. The van der Waals surface area contributed by atoms with Gasteiger partial charge in [-0.05, 0) is 49.1 Å². The normalized spacial score (nSPS) is 10.2. The number of amides is 2. The molecule has 0 aliphatic carbocycles. The largest absolute Gasteiger partial charge is 0.354 e. The zero-order valence-corrected chi connectivity index (χ0v) is 13.6. The van der Waals surface area contributed by atoms with Crippen LogP contribution in [-0.4, -0.2) is 24.9 Å². The van der Waals surface area contributed by atoms with E-state index in [1.807, 2.05) is 6.07 Å². The SMILES string of the molecule is Cc1ccc(CCNC(=O)CNC(=O)c2ccccc2)cc1C. The zero-order chi connectivity index (χ0) is 16.7. The van der Waals surface area contributed by atoms with E-state index in [1.54, 1.807) is 24.3 Å². The fraction of sp³-hybridized carbons (Fsp3) is 0.263. The summed E-state index contributed by atoms with van der Waals surface area (Å²) in [5, 5.41) is 5.43. The predicted octanol–water partition coefficient (Wildman–Crippen LogP) is 2.39. The van der Waals surface area contributed by atoms with E-state index in [2.05, 4.69) is 42.7 Å². The van der Waals surface area contributed by atoms with Crippen LogP contribution in [0.5, 0.6) is 0 Å². The van der Waals surface area contributed by atoms with Gasteiger partial charge in [0, 0.05) is 12.1 Å². The molecule has 120 valence electrons. The highest BCUT2D eigenvalue weighted by molar-refractivity contribution is 5.96. The Kier molecular flexibility index (Phi) is 5.92. The Morgan fingerprint density at radius 1 is 0.913 bits per heavy atom. The van der Waals surface area contributed by atoms with Gasteiger partial charge in [0.1, 0.15) is 0 Å². The van der Waals surface area contributed by atoms with Crippen molar-refractivity contribution in [2.45, 2.75) is 20.3 Å². The zero-order valence-electron chi connectivity index (χ0n) is 13.6. The van der Waals surface area contributed by atoms with Crippen molar-refractivity contribution in [3.05, 3.63) is 70.8 Å². The molecule has 2 amide bonds. The molecule has 0 fully saturated rings. The summed E-state index contributed by atoms with van der Waals surface area (Å²) in [6.45, 7) is 4.70. The van der Waals surface area contributed by atoms with Gasteiger partial charge in [-0.2, -0.15) is 0 Å². The molecule has 2 aromatic rings. The van der Waals surface area contributed by atoms with Crippen LogP contribution in [0, 0.1) is 13.8 Å². The third-order valence-electron chi connectivity index (χ3n) is 3.75. The number of hydrogen-bond donors (Lipinski definition) is 2. The van der Waals surface area contributed by atoms with Crippen LogP contribution < -0.4 is 10.6 Å². The van der Waals surface area contributed by atoms with Gasteiger partial charge in [0.2, 0.25) is 5.91 Å². The van der Waals surface area contributed by atoms with Gasteiger partial charge < -0.3 is 10.6 Å². The van der Waals surface area contributed by atoms with E-state index in [0.717, 1.165) is 6.42 Å². The molecule has 0 bridgehead atoms. The van der Waals surface area contributed by atoms with Crippen molar-refractivity contribution in [3.8, 4) is 0 Å². The molecule has 2 aromatic carbocycles. The van der Waals surface area contributed by atoms with Gasteiger partial charge in [0.15, 0.2) is 0 Å². The summed E-state index contributed by atoms with van der Waals surface area (Å²) in [5.74, 6) is -0.423. The van der Waals surface area contributed by atoms with Crippen molar-refractivity contribution < 1.29 is 9.59 Å². The minimum Gasteiger partial charge on any atom is -0.354 e. The molecule has 2 N–H and O–H groups in total. The molecule has 2 rings (SSSR count). The van der Waals surface area contributed by atoms with Gasteiger partial charge in [-0.15, -0.1) is 0 Å². The Balaban J connectivity index is 1.71. The number of carbonyl (C=O) groups is 2. The average Bonchev–Trinajstić information content (AvgIpc) is 2.56. The van der Waals surface area contributed by atoms with E-state index in [1.165, 1.54) is 16.7 Å². The highest BCUT2D eigenvalue weighted by atomic mass is 16.2. The first-order valence-corrected chi connectivity index (χ1v) is 7.72. The molecule has 4 heteroatoms. The molecule has 0 aliphatic rings. The van der Waals surface area contributed by atoms with Crippen LogP contribution in [0.4, 0.5) is 0 Å². The van der Waals surface area contributed by atoms with Crippen LogP contribution in [0.1, 0.15) is 27.0 Å². The third kappa shape index (κ3) is 5.25. The summed E-state index contributed by atoms with van der Waals surface area (Å²) in [4.78, 5) is 23.6. The lowest BCUT2D eigenvalue weighted by molar-refractivity contribution is -0.120. The van der Waals surface area contributed by atoms with Crippen LogP contribution in [0.2, 0.25) is 0 Å². The van der Waals surface area contributed by atoms with Crippen LogP contribution in [0.25, 0.3) is 0 Å². The Morgan fingerprint density at radius 2 is 1.65 bits per heavy atom. The molecule has 0 spiro atoms. The molecule has 23 heavy (non-hydrogen) atoms. The Hall–Kier alpha value is -2.62. The Labute approximate surface area is 136 Å². The van der Waals surface area contributed by atoms with Gasteiger partial charge in [-0.3, -0.25) is 9.59 Å². The van der Waals surface area contributed by atoms with Gasteiger partial charge in [0.25, 0.3) is 5.91 Å². The highest BCUT2D eigenvalue weighted by Crippen LogP contribution is 2.09. The summed E-state index contributed by atoms with van der Waals surface area (Å²) >= 11 is 0. The Morgan fingerprint density at radius 3 is 2.35 bits per heavy atom. The highest BCUT2D eigenvalue weighted by Gasteiger charge is 2.07. The molecule has 4 nitrogen and oxygen atoms in total. The first kappa shape index (κ1) is 16.7. The number of nitrogens with one attached hydrogen (secondary N) is 2. The van der Waals surface area contributed by atoms with E-state index in [9.17, 15) is 9.59 Å². The number of rotatable bonds is 6. The number of hydrogen-bond acceptors (Lipinski definition) is 2. The average molecular weight is 310 g/mol. The maximum Gasteiger partial charge on any atom is 0.251 e. The fourth-order valence-electron chi connectivity index (χ4n) is 2.22. The quantitative estimate of drug-likeness (QED) is 0.861. The monoisotopic (exact) mass is 310 g/mol. The van der Waals surface area contributed by atoms with Crippen molar-refractivity contribution in [3.63, 3.8) is 0 Å². The summed E-state index contributed by atoms with van der Waals surface area (Å²) in [7, 11) is 0. The lowest BCUT2D eigenvalue weighted by Crippen LogP contribution is -2.37. The fourth-order valence-corrected chi connectivity index (χ4v) is 2.22. The van der Waals surface area contributed by atoms with Crippen molar-refractivity contribution >= 4 is 11.8 Å². The molecule has 0 radical (unpaired) electrons. The van der Waals surface area contributed by atoms with E-state index in [0.29, 0.717) is 12.1 Å². The maximum atomic E-state index is 11.8. The van der Waals surface area contributed by atoms with E-state index >= 15 is 0 Å². The summed E-state index contributed by atoms with van der Waals surface area (Å²) < 4.78 is 0. The molecule has 0 saturated heterocycles. The van der Waals surface area contributed by atoms with E-state index < -0.39 is 0 Å². The second kappa shape index (κ2) is 8.13. The maximum absolute atomic E-state index is 11.8. The van der Waals surface area contributed by atoms with Crippen molar-refractivity contribution in [2.75, 3.05) is 13.1 Å². The number of carbonyl (C=O) groups excluding carboxylic acids is 2. The van der Waals surface area contributed by atoms with Crippen LogP contribution >= 0.6 is 0 Å². The van der Waals surface area contributed by atoms with E-state index in [-0.39, 0.29) is 18.4 Å². The summed E-state index contributed by atoms with van der Waals surface area (Å²) in [6, 6.07) is 15.2. The molecular weight excluding hydrogens is 288 g/mol. The molecule has 0 heterocycles. The van der Waals surface area contributed by atoms with Crippen LogP contribution in [0.15, 0.2) is 48.5 Å². The molecule has 0 unspecified atom stereocenters. The van der Waals surface area contributed by atoms with Crippen molar-refractivity contribution in [1.82, 2.24) is 10.6 Å². The minimum absolute atomic E-state index is 0.0132. The van der Waals surface area contributed by atoms with Crippen LogP contribution in [-0.2, 0) is 11.2 Å². The van der Waals surface area contributed by atoms with Gasteiger partial charge in [0.05, 0.1) is 6.54 Å². The topological polar surface area (TPSA) is 58.2 Å². The Bertz CT molecular complexity index is 681. The summed E-state index contributed by atoms with van der Waals surface area (Å²) in [5.41, 5.74) is 4.27. The van der Waals surface area contributed by atoms with E-state index in [4.69, 9.17) is 0 Å². The predicted molar refractivity (Wildman–Crippen MR) is 91.4 cm³/mol. The molecule has 0 aliphatic heterocycles. The van der Waals surface area contributed by atoms with Gasteiger partial charge in [-0.1, -0.05) is 36.4 Å². The minimum atomic E-state index is -0.241. The first-order valence-electron chi connectivity index (χ1n) is 7.72. The number of aryl methyl sites for hydroxylation is 2. The smallest absolute Gasteiger partial charge is 0.251 e. The second-order valence-electron chi connectivity index (χ2n) is 5.57. The molecule has 0 atom stereocenters. The lowest BCUT2D eigenvalue weighted by Gasteiger charge is -2.08. The van der Waals surface area contributed by atoms with Crippen molar-refractivity contribution in [1.29, 1.82) is 0 Å². The standard InChI is InChI=1S/C19H22N2O2/c1-14-8-9-16(12-15(14)2)10-11-20-18(22)13-21-19(23)17-6-4-3-5-7-17/h3-9,12H,10-11,13H2,1-2H3,(H,20,22)(H,21,23). The molecular formula is C19H22N2O2. The first-order chi connectivity index (χ1) is 11.1. The molecule has 0 saturated carbocycles. The molecule has 0 aromatic heterocycles. The van der Waals surface area contributed by atoms with Gasteiger partial charge in [-0.25, -0.2) is 0 Å². The van der Waals surface area contributed by atoms with Gasteiger partial charge >= 0.3 is 0 Å². The number of benzene rings is 2. The second-order valence-corrected chi connectivity index (χ2v) is 5.57. The lowest BCUT2D eigenvalue weighted by atomic mass is 10.0. The van der Waals surface area contributed by atoms with Crippen molar-refractivity contribution in [2.24, 2.45) is 0 Å². The summed E-state index contributed by atoms with van der Waals surface area (Å²) in [6.07, 6.45) is 0.777. The van der Waals surface area contributed by atoms with Crippen LogP contribution in [0.3, 0.4) is 0 Å².